The minimum atomic E-state index is 0.538. The molecule has 2 aromatic heterocycles. The number of nitrogens with one attached hydrogen (secondary N) is 1. The van der Waals surface area contributed by atoms with Crippen LogP contribution in [-0.2, 0) is 0 Å². The van der Waals surface area contributed by atoms with Crippen molar-refractivity contribution in [2.45, 2.75) is 31.7 Å². The first-order chi connectivity index (χ1) is 13.4. The Morgan fingerprint density at radius 1 is 0.815 bits per heavy atom. The smallest absolute Gasteiger partial charge is 0.139 e. The van der Waals surface area contributed by atoms with Crippen LogP contribution in [0, 0.1) is 0 Å². The first kappa shape index (κ1) is 16.5. The van der Waals surface area contributed by atoms with Gasteiger partial charge in [0.15, 0.2) is 0 Å². The zero-order valence-electron chi connectivity index (χ0n) is 15.1. The highest BCUT2D eigenvalue weighted by Gasteiger charge is 2.19. The summed E-state index contributed by atoms with van der Waals surface area (Å²) in [6.07, 6.45) is 6.76. The Labute approximate surface area is 163 Å². The lowest BCUT2D eigenvalue weighted by Crippen LogP contribution is -2.15. The number of anilines is 1. The Hall–Kier alpha value is -2.72. The second-order valence-corrected chi connectivity index (χ2v) is 7.98. The largest absolute Gasteiger partial charge is 0.367 e. The van der Waals surface area contributed by atoms with Gasteiger partial charge in [-0.05, 0) is 29.5 Å². The van der Waals surface area contributed by atoms with E-state index in [2.05, 4.69) is 69.2 Å². The third kappa shape index (κ3) is 3.21. The van der Waals surface area contributed by atoms with Crippen LogP contribution >= 0.6 is 11.3 Å². The fourth-order valence-corrected chi connectivity index (χ4v) is 4.85. The number of hydrogen-bond donors (Lipinski definition) is 1. The molecule has 5 rings (SSSR count). The van der Waals surface area contributed by atoms with Crippen molar-refractivity contribution in [3.05, 3.63) is 66.3 Å². The Morgan fingerprint density at radius 3 is 2.30 bits per heavy atom. The summed E-state index contributed by atoms with van der Waals surface area (Å²) in [6.45, 7) is 0. The molecule has 2 heterocycles. The standard InChI is InChI=1S/C23H21N3S/c1-2-6-16(7-3-1)17-10-12-18(13-11-17)20-14-27-23-21(20)22(24-15-25-23)26-19-8-4-5-9-19/h1-3,6-7,10-15,19H,4-5,8-9H2,(H,24,25,26). The molecule has 0 unspecified atom stereocenters. The molecule has 0 saturated heterocycles. The predicted octanol–water partition coefficient (Wildman–Crippen LogP) is 6.38. The summed E-state index contributed by atoms with van der Waals surface area (Å²) in [5.74, 6) is 0.982. The number of fused-ring (bicyclic) bond motifs is 1. The van der Waals surface area contributed by atoms with E-state index in [9.17, 15) is 0 Å². The van der Waals surface area contributed by atoms with Crippen LogP contribution in [0.3, 0.4) is 0 Å². The molecule has 4 heteroatoms. The van der Waals surface area contributed by atoms with Gasteiger partial charge < -0.3 is 5.32 Å². The minimum Gasteiger partial charge on any atom is -0.367 e. The van der Waals surface area contributed by atoms with E-state index in [1.54, 1.807) is 17.7 Å². The number of benzene rings is 2. The van der Waals surface area contributed by atoms with Crippen molar-refractivity contribution in [3.8, 4) is 22.3 Å². The molecule has 4 aromatic rings. The summed E-state index contributed by atoms with van der Waals surface area (Å²) in [7, 11) is 0. The SMILES string of the molecule is c1ccc(-c2ccc(-c3csc4ncnc(NC5CCCC5)c34)cc2)cc1. The molecule has 3 nitrogen and oxygen atoms in total. The molecule has 0 amide bonds. The van der Waals surface area contributed by atoms with Crippen molar-refractivity contribution in [2.24, 2.45) is 0 Å². The Morgan fingerprint density at radius 2 is 1.52 bits per heavy atom. The molecule has 0 atom stereocenters. The molecule has 27 heavy (non-hydrogen) atoms. The Kier molecular flexibility index (Phi) is 4.34. The van der Waals surface area contributed by atoms with E-state index in [4.69, 9.17) is 0 Å². The summed E-state index contributed by atoms with van der Waals surface area (Å²) in [4.78, 5) is 10.1. The van der Waals surface area contributed by atoms with Gasteiger partial charge in [0.25, 0.3) is 0 Å². The normalized spacial score (nSPS) is 14.7. The highest BCUT2D eigenvalue weighted by atomic mass is 32.1. The highest BCUT2D eigenvalue weighted by molar-refractivity contribution is 7.17. The van der Waals surface area contributed by atoms with Gasteiger partial charge in [-0.25, -0.2) is 9.97 Å². The van der Waals surface area contributed by atoms with E-state index in [1.165, 1.54) is 47.9 Å². The van der Waals surface area contributed by atoms with E-state index in [1.807, 2.05) is 6.07 Å². The molecule has 0 radical (unpaired) electrons. The van der Waals surface area contributed by atoms with Crippen molar-refractivity contribution in [1.29, 1.82) is 0 Å². The van der Waals surface area contributed by atoms with Crippen LogP contribution in [0.4, 0.5) is 5.82 Å². The molecule has 134 valence electrons. The average Bonchev–Trinajstić information content (AvgIpc) is 3.39. The molecule has 1 saturated carbocycles. The molecular formula is C23H21N3S. The third-order valence-corrected chi connectivity index (χ3v) is 6.26. The van der Waals surface area contributed by atoms with Gasteiger partial charge in [0.2, 0.25) is 0 Å². The van der Waals surface area contributed by atoms with Crippen molar-refractivity contribution in [2.75, 3.05) is 5.32 Å². The van der Waals surface area contributed by atoms with E-state index in [0.29, 0.717) is 6.04 Å². The van der Waals surface area contributed by atoms with Gasteiger partial charge in [-0.1, -0.05) is 67.4 Å². The van der Waals surface area contributed by atoms with Gasteiger partial charge in [0.1, 0.15) is 17.0 Å². The number of aromatic nitrogens is 2. The van der Waals surface area contributed by atoms with Crippen LogP contribution in [0.2, 0.25) is 0 Å². The lowest BCUT2D eigenvalue weighted by atomic mass is 10.0. The van der Waals surface area contributed by atoms with E-state index >= 15 is 0 Å². The summed E-state index contributed by atoms with van der Waals surface area (Å²) in [5.41, 5.74) is 4.91. The molecule has 1 aliphatic rings. The lowest BCUT2D eigenvalue weighted by Gasteiger charge is -2.14. The van der Waals surface area contributed by atoms with Crippen LogP contribution in [0.5, 0.6) is 0 Å². The Balaban J connectivity index is 1.53. The molecule has 0 bridgehead atoms. The molecule has 2 aromatic carbocycles. The van der Waals surface area contributed by atoms with Crippen LogP contribution in [0.15, 0.2) is 66.3 Å². The van der Waals surface area contributed by atoms with Gasteiger partial charge in [-0.2, -0.15) is 0 Å². The van der Waals surface area contributed by atoms with Gasteiger partial charge in [-0.3, -0.25) is 0 Å². The zero-order chi connectivity index (χ0) is 18.1. The summed E-state index contributed by atoms with van der Waals surface area (Å²) in [5, 5.41) is 7.03. The number of hydrogen-bond acceptors (Lipinski definition) is 4. The summed E-state index contributed by atoms with van der Waals surface area (Å²) >= 11 is 1.69. The van der Waals surface area contributed by atoms with E-state index in [0.717, 1.165) is 16.0 Å². The first-order valence-corrected chi connectivity index (χ1v) is 10.4. The minimum absolute atomic E-state index is 0.538. The first-order valence-electron chi connectivity index (χ1n) is 9.53. The molecule has 1 fully saturated rings. The molecule has 0 spiro atoms. The second-order valence-electron chi connectivity index (χ2n) is 7.12. The monoisotopic (exact) mass is 371 g/mol. The third-order valence-electron chi connectivity index (χ3n) is 5.37. The van der Waals surface area contributed by atoms with Crippen molar-refractivity contribution in [3.63, 3.8) is 0 Å². The van der Waals surface area contributed by atoms with Gasteiger partial charge in [0, 0.05) is 17.0 Å². The molecule has 1 N–H and O–H groups in total. The molecule has 1 aliphatic carbocycles. The predicted molar refractivity (Wildman–Crippen MR) is 114 cm³/mol. The summed E-state index contributed by atoms with van der Waals surface area (Å²) < 4.78 is 0. The van der Waals surface area contributed by atoms with Crippen LogP contribution in [0.1, 0.15) is 25.7 Å². The molecular weight excluding hydrogens is 350 g/mol. The lowest BCUT2D eigenvalue weighted by molar-refractivity contribution is 0.751. The number of rotatable bonds is 4. The Bertz CT molecular complexity index is 1050. The number of nitrogens with zero attached hydrogens (tertiary/aromatic N) is 2. The van der Waals surface area contributed by atoms with Crippen LogP contribution < -0.4 is 5.32 Å². The van der Waals surface area contributed by atoms with Crippen LogP contribution in [-0.4, -0.2) is 16.0 Å². The summed E-state index contributed by atoms with van der Waals surface area (Å²) in [6, 6.07) is 19.8. The maximum Gasteiger partial charge on any atom is 0.139 e. The molecule has 0 aliphatic heterocycles. The van der Waals surface area contributed by atoms with E-state index < -0.39 is 0 Å². The fraction of sp³-hybridized carbons (Fsp3) is 0.217. The van der Waals surface area contributed by atoms with Gasteiger partial charge >= 0.3 is 0 Å². The van der Waals surface area contributed by atoms with Crippen LogP contribution in [0.25, 0.3) is 32.5 Å². The van der Waals surface area contributed by atoms with Crippen molar-refractivity contribution < 1.29 is 0 Å². The maximum atomic E-state index is 4.58. The van der Waals surface area contributed by atoms with Crippen molar-refractivity contribution in [1.82, 2.24) is 9.97 Å². The zero-order valence-corrected chi connectivity index (χ0v) is 15.9. The quantitative estimate of drug-likeness (QED) is 0.452. The van der Waals surface area contributed by atoms with Gasteiger partial charge in [0.05, 0.1) is 5.39 Å². The maximum absolute atomic E-state index is 4.58. The average molecular weight is 372 g/mol. The van der Waals surface area contributed by atoms with E-state index in [-0.39, 0.29) is 0 Å². The topological polar surface area (TPSA) is 37.8 Å². The van der Waals surface area contributed by atoms with Gasteiger partial charge in [-0.15, -0.1) is 11.3 Å². The number of thiophene rings is 1. The second kappa shape index (κ2) is 7.12. The fourth-order valence-electron chi connectivity index (χ4n) is 3.93. The highest BCUT2D eigenvalue weighted by Crippen LogP contribution is 2.38. The van der Waals surface area contributed by atoms with Crippen molar-refractivity contribution >= 4 is 27.4 Å².